The maximum Gasteiger partial charge on any atom is 0.252 e. The Morgan fingerprint density at radius 3 is 2.18 bits per heavy atom. The average Bonchev–Trinajstić information content (AvgIpc) is 3.04. The van der Waals surface area contributed by atoms with Crippen LogP contribution in [0.3, 0.4) is 0 Å². The standard InChI is InChI=1S/C14H23NO2/c16-14(13-7-4-10-17-13)15(12-8-9-12)11-5-2-1-3-6-11/h11-13H,1-10H2. The molecule has 0 aromatic heterocycles. The molecule has 0 aromatic carbocycles. The van der Waals surface area contributed by atoms with Gasteiger partial charge in [-0.15, -0.1) is 0 Å². The second-order valence-corrected chi connectivity index (χ2v) is 5.77. The summed E-state index contributed by atoms with van der Waals surface area (Å²) in [6.45, 7) is 0.777. The van der Waals surface area contributed by atoms with Crippen molar-refractivity contribution in [2.45, 2.75) is 76.0 Å². The van der Waals surface area contributed by atoms with Gasteiger partial charge in [-0.25, -0.2) is 0 Å². The second kappa shape index (κ2) is 4.97. The van der Waals surface area contributed by atoms with Gasteiger partial charge in [0.05, 0.1) is 0 Å². The zero-order chi connectivity index (χ0) is 11.7. The van der Waals surface area contributed by atoms with Crippen LogP contribution in [0.25, 0.3) is 0 Å². The van der Waals surface area contributed by atoms with Crippen LogP contribution in [0.15, 0.2) is 0 Å². The molecule has 0 spiro atoms. The minimum Gasteiger partial charge on any atom is -0.368 e. The molecule has 3 nitrogen and oxygen atoms in total. The zero-order valence-electron chi connectivity index (χ0n) is 10.6. The van der Waals surface area contributed by atoms with Crippen molar-refractivity contribution in [1.29, 1.82) is 0 Å². The molecule has 0 N–H and O–H groups in total. The van der Waals surface area contributed by atoms with Gasteiger partial charge in [-0.1, -0.05) is 19.3 Å². The summed E-state index contributed by atoms with van der Waals surface area (Å²) in [5, 5.41) is 0. The molecule has 1 aliphatic heterocycles. The third-order valence-electron chi connectivity index (χ3n) is 4.37. The fraction of sp³-hybridized carbons (Fsp3) is 0.929. The summed E-state index contributed by atoms with van der Waals surface area (Å²) in [7, 11) is 0. The topological polar surface area (TPSA) is 29.5 Å². The molecular weight excluding hydrogens is 214 g/mol. The quantitative estimate of drug-likeness (QED) is 0.754. The highest BCUT2D eigenvalue weighted by Crippen LogP contribution is 2.35. The highest BCUT2D eigenvalue weighted by Gasteiger charge is 2.41. The van der Waals surface area contributed by atoms with E-state index in [2.05, 4.69) is 4.90 Å². The van der Waals surface area contributed by atoms with Crippen LogP contribution in [0.1, 0.15) is 57.8 Å². The molecule has 3 aliphatic rings. The predicted molar refractivity (Wildman–Crippen MR) is 65.7 cm³/mol. The van der Waals surface area contributed by atoms with Crippen LogP contribution >= 0.6 is 0 Å². The predicted octanol–water partition coefficient (Wildman–Crippen LogP) is 2.49. The van der Waals surface area contributed by atoms with Crippen LogP contribution in [-0.4, -0.2) is 35.6 Å². The fourth-order valence-electron chi connectivity index (χ4n) is 3.31. The number of nitrogens with zero attached hydrogens (tertiary/aromatic N) is 1. The monoisotopic (exact) mass is 237 g/mol. The molecule has 3 heteroatoms. The van der Waals surface area contributed by atoms with Crippen molar-refractivity contribution in [3.63, 3.8) is 0 Å². The van der Waals surface area contributed by atoms with Crippen molar-refractivity contribution in [1.82, 2.24) is 4.90 Å². The zero-order valence-corrected chi connectivity index (χ0v) is 10.6. The molecule has 2 saturated carbocycles. The number of hydrogen-bond donors (Lipinski definition) is 0. The van der Waals surface area contributed by atoms with Crippen LogP contribution in [0.4, 0.5) is 0 Å². The molecule has 96 valence electrons. The van der Waals surface area contributed by atoms with Crippen molar-refractivity contribution >= 4 is 5.91 Å². The molecule has 1 unspecified atom stereocenters. The van der Waals surface area contributed by atoms with Gasteiger partial charge < -0.3 is 9.64 Å². The Balaban J connectivity index is 1.67. The van der Waals surface area contributed by atoms with Crippen molar-refractivity contribution in [2.75, 3.05) is 6.61 Å². The summed E-state index contributed by atoms with van der Waals surface area (Å²) in [5.74, 6) is 0.303. The summed E-state index contributed by atoms with van der Waals surface area (Å²) in [4.78, 5) is 14.7. The Labute approximate surface area is 104 Å². The normalized spacial score (nSPS) is 30.5. The maximum atomic E-state index is 12.5. The summed E-state index contributed by atoms with van der Waals surface area (Å²) in [6.07, 6.45) is 10.7. The van der Waals surface area contributed by atoms with E-state index in [1.165, 1.54) is 44.9 Å². The van der Waals surface area contributed by atoms with Gasteiger partial charge in [-0.3, -0.25) is 4.79 Å². The maximum absolute atomic E-state index is 12.5. The SMILES string of the molecule is O=C(C1CCCO1)N(C1CCCCC1)C1CC1. The van der Waals surface area contributed by atoms with Crippen LogP contribution in [-0.2, 0) is 9.53 Å². The van der Waals surface area contributed by atoms with E-state index in [4.69, 9.17) is 4.74 Å². The van der Waals surface area contributed by atoms with Crippen molar-refractivity contribution in [3.8, 4) is 0 Å². The molecule has 0 aromatic rings. The highest BCUT2D eigenvalue weighted by atomic mass is 16.5. The van der Waals surface area contributed by atoms with E-state index in [9.17, 15) is 4.79 Å². The Hall–Kier alpha value is -0.570. The first-order valence-electron chi connectivity index (χ1n) is 7.30. The molecule has 1 atom stereocenters. The largest absolute Gasteiger partial charge is 0.368 e. The van der Waals surface area contributed by atoms with E-state index in [-0.39, 0.29) is 6.10 Å². The van der Waals surface area contributed by atoms with Gasteiger partial charge in [0.25, 0.3) is 5.91 Å². The van der Waals surface area contributed by atoms with E-state index in [0.717, 1.165) is 19.4 Å². The number of hydrogen-bond acceptors (Lipinski definition) is 2. The lowest BCUT2D eigenvalue weighted by Crippen LogP contribution is -2.47. The number of rotatable bonds is 3. The lowest BCUT2D eigenvalue weighted by atomic mass is 9.93. The van der Waals surface area contributed by atoms with Gasteiger partial charge in [-0.05, 0) is 38.5 Å². The highest BCUT2D eigenvalue weighted by molar-refractivity contribution is 5.82. The minimum atomic E-state index is -0.113. The summed E-state index contributed by atoms with van der Waals surface area (Å²) >= 11 is 0. The lowest BCUT2D eigenvalue weighted by molar-refractivity contribution is -0.144. The van der Waals surface area contributed by atoms with Crippen LogP contribution in [0, 0.1) is 0 Å². The molecule has 0 bridgehead atoms. The van der Waals surface area contributed by atoms with Gasteiger partial charge in [0.2, 0.25) is 0 Å². The van der Waals surface area contributed by atoms with E-state index in [1.54, 1.807) is 0 Å². The molecular formula is C14H23NO2. The molecule has 3 rings (SSSR count). The van der Waals surface area contributed by atoms with Gasteiger partial charge >= 0.3 is 0 Å². The first-order valence-corrected chi connectivity index (χ1v) is 7.30. The van der Waals surface area contributed by atoms with Crippen LogP contribution < -0.4 is 0 Å². The van der Waals surface area contributed by atoms with E-state index in [1.807, 2.05) is 0 Å². The van der Waals surface area contributed by atoms with Gasteiger partial charge in [0.1, 0.15) is 6.10 Å². The first kappa shape index (κ1) is 11.5. The Bertz CT molecular complexity index is 276. The fourth-order valence-corrected chi connectivity index (χ4v) is 3.31. The van der Waals surface area contributed by atoms with Crippen LogP contribution in [0.2, 0.25) is 0 Å². The van der Waals surface area contributed by atoms with Crippen molar-refractivity contribution in [2.24, 2.45) is 0 Å². The first-order chi connectivity index (χ1) is 8.36. The molecule has 1 saturated heterocycles. The third kappa shape index (κ3) is 2.49. The summed E-state index contributed by atoms with van der Waals surface area (Å²) < 4.78 is 5.57. The molecule has 0 radical (unpaired) electrons. The van der Waals surface area contributed by atoms with Crippen LogP contribution in [0.5, 0.6) is 0 Å². The van der Waals surface area contributed by atoms with Crippen molar-refractivity contribution in [3.05, 3.63) is 0 Å². The Morgan fingerprint density at radius 2 is 1.59 bits per heavy atom. The Morgan fingerprint density at radius 1 is 0.882 bits per heavy atom. The molecule has 1 heterocycles. The average molecular weight is 237 g/mol. The van der Waals surface area contributed by atoms with E-state index in [0.29, 0.717) is 18.0 Å². The molecule has 1 amide bonds. The second-order valence-electron chi connectivity index (χ2n) is 5.77. The smallest absolute Gasteiger partial charge is 0.252 e. The number of carbonyl (C=O) groups is 1. The van der Waals surface area contributed by atoms with Gasteiger partial charge in [0.15, 0.2) is 0 Å². The lowest BCUT2D eigenvalue weighted by Gasteiger charge is -2.36. The number of carbonyl (C=O) groups excluding carboxylic acids is 1. The molecule has 17 heavy (non-hydrogen) atoms. The summed E-state index contributed by atoms with van der Waals surface area (Å²) in [5.41, 5.74) is 0. The molecule has 3 fully saturated rings. The number of ether oxygens (including phenoxy) is 1. The van der Waals surface area contributed by atoms with Gasteiger partial charge in [-0.2, -0.15) is 0 Å². The van der Waals surface area contributed by atoms with E-state index >= 15 is 0 Å². The van der Waals surface area contributed by atoms with E-state index < -0.39 is 0 Å². The Kier molecular flexibility index (Phi) is 3.37. The minimum absolute atomic E-state index is 0.113. The summed E-state index contributed by atoms with van der Waals surface area (Å²) in [6, 6.07) is 1.07. The van der Waals surface area contributed by atoms with Crippen molar-refractivity contribution < 1.29 is 9.53 Å². The van der Waals surface area contributed by atoms with Gasteiger partial charge in [0, 0.05) is 18.7 Å². The number of amides is 1. The molecule has 2 aliphatic carbocycles. The third-order valence-corrected chi connectivity index (χ3v) is 4.37.